The lowest BCUT2D eigenvalue weighted by atomic mass is 9.98. The van der Waals surface area contributed by atoms with Gasteiger partial charge in [0, 0.05) is 69.3 Å². The fourth-order valence-corrected chi connectivity index (χ4v) is 7.69. The summed E-state index contributed by atoms with van der Waals surface area (Å²) in [6, 6.07) is 17.7. The molecule has 3 aliphatic rings. The molecule has 2 fully saturated rings. The molecule has 4 aromatic rings. The summed E-state index contributed by atoms with van der Waals surface area (Å²) in [6.45, 7) is 4.63. The molecule has 2 unspecified atom stereocenters. The van der Waals surface area contributed by atoms with Crippen molar-refractivity contribution in [1.29, 1.82) is 0 Å². The van der Waals surface area contributed by atoms with E-state index in [-0.39, 0.29) is 30.5 Å². The van der Waals surface area contributed by atoms with E-state index in [0.717, 1.165) is 75.0 Å². The average Bonchev–Trinajstić information content (AvgIpc) is 3.88. The van der Waals surface area contributed by atoms with Crippen LogP contribution in [0.1, 0.15) is 58.8 Å². The summed E-state index contributed by atoms with van der Waals surface area (Å²) < 4.78 is 8.08. The van der Waals surface area contributed by atoms with Gasteiger partial charge in [-0.15, -0.1) is 0 Å². The number of rotatable bonds is 11. The first kappa shape index (κ1) is 33.4. The van der Waals surface area contributed by atoms with Crippen LogP contribution in [-0.2, 0) is 24.8 Å². The summed E-state index contributed by atoms with van der Waals surface area (Å²) in [4.78, 5) is 22.4. The van der Waals surface area contributed by atoms with Crippen molar-refractivity contribution >= 4 is 11.7 Å². The quantitative estimate of drug-likeness (QED) is 0.189. The number of pyridine rings is 1. The predicted octanol–water partition coefficient (Wildman–Crippen LogP) is 3.56. The van der Waals surface area contributed by atoms with Crippen LogP contribution in [0.3, 0.4) is 0 Å². The highest BCUT2D eigenvalue weighted by molar-refractivity contribution is 5.99. The van der Waals surface area contributed by atoms with Gasteiger partial charge in [0.2, 0.25) is 0 Å². The Bertz CT molecular complexity index is 1750. The summed E-state index contributed by atoms with van der Waals surface area (Å²) in [5, 5.41) is 26.4. The number of β-amino-alcohol motifs (C(OH)–C–C–N with tert-alkyl or cyclic N) is 1. The van der Waals surface area contributed by atoms with E-state index in [9.17, 15) is 15.0 Å². The maximum Gasteiger partial charge on any atom is 0.255 e. The number of nitrogen functional groups attached to an aromatic ring is 1. The molecule has 1 amide bonds. The van der Waals surface area contributed by atoms with Gasteiger partial charge in [-0.2, -0.15) is 5.10 Å². The second-order valence-electron chi connectivity index (χ2n) is 13.8. The molecule has 0 radical (unpaired) electrons. The molecule has 1 aliphatic heterocycles. The Balaban J connectivity index is 0.926. The molecule has 1 saturated carbocycles. The third-order valence-corrected chi connectivity index (χ3v) is 10.4. The molecule has 4 atom stereocenters. The molecule has 11 nitrogen and oxygen atoms in total. The minimum Gasteiger partial charge on any atom is -0.394 e. The van der Waals surface area contributed by atoms with E-state index in [1.165, 1.54) is 22.3 Å². The number of amides is 1. The lowest BCUT2D eigenvalue weighted by Crippen LogP contribution is -2.49. The van der Waals surface area contributed by atoms with E-state index in [0.29, 0.717) is 24.8 Å². The normalized spacial score (nSPS) is 21.9. The number of carbonyl (C=O) groups excluding carboxylic acids is 1. The van der Waals surface area contributed by atoms with Gasteiger partial charge in [0.1, 0.15) is 5.82 Å². The number of piperazine rings is 1. The van der Waals surface area contributed by atoms with Gasteiger partial charge in [-0.25, -0.2) is 4.98 Å². The average molecular weight is 666 g/mol. The van der Waals surface area contributed by atoms with Crippen LogP contribution < -0.4 is 11.1 Å². The van der Waals surface area contributed by atoms with Gasteiger partial charge < -0.3 is 26.0 Å². The highest BCUT2D eigenvalue weighted by Crippen LogP contribution is 2.38. The van der Waals surface area contributed by atoms with Crippen molar-refractivity contribution in [2.24, 2.45) is 7.05 Å². The highest BCUT2D eigenvalue weighted by atomic mass is 16.5. The van der Waals surface area contributed by atoms with Crippen LogP contribution in [0.2, 0.25) is 0 Å². The van der Waals surface area contributed by atoms with Crippen LogP contribution in [0.4, 0.5) is 5.82 Å². The van der Waals surface area contributed by atoms with Gasteiger partial charge in [-0.3, -0.25) is 19.3 Å². The number of hydrogen-bond acceptors (Lipinski definition) is 9. The Kier molecular flexibility index (Phi) is 10.1. The minimum atomic E-state index is -0.662. The SMILES string of the molecule is Cn1cc(-c2cnc(N)c(C(=O)N[C@H]3CCC[C@@H]3OCc3ccc(-c4ccc5c(c4)CCC5N4CCN(CC(O)CO)CC4)cc3)c2)cn1. The summed E-state index contributed by atoms with van der Waals surface area (Å²) in [5.41, 5.74) is 14.5. The van der Waals surface area contributed by atoms with Crippen LogP contribution in [0.5, 0.6) is 0 Å². The number of benzene rings is 2. The molecule has 3 heterocycles. The van der Waals surface area contributed by atoms with Crippen molar-refractivity contribution in [3.8, 4) is 22.3 Å². The van der Waals surface area contributed by atoms with Crippen molar-refractivity contribution in [1.82, 2.24) is 29.9 Å². The fourth-order valence-electron chi connectivity index (χ4n) is 7.69. The van der Waals surface area contributed by atoms with E-state index in [1.54, 1.807) is 23.1 Å². The molecule has 0 spiro atoms. The summed E-state index contributed by atoms with van der Waals surface area (Å²) in [6.07, 6.45) is 9.51. The topological polar surface area (TPSA) is 142 Å². The first-order valence-corrected chi connectivity index (χ1v) is 17.5. The molecule has 2 aromatic carbocycles. The Morgan fingerprint density at radius 3 is 2.55 bits per heavy atom. The van der Waals surface area contributed by atoms with Crippen molar-refractivity contribution in [3.05, 3.63) is 89.4 Å². The second kappa shape index (κ2) is 14.8. The first-order chi connectivity index (χ1) is 23.8. The van der Waals surface area contributed by atoms with Crippen molar-refractivity contribution in [2.45, 2.75) is 63.0 Å². The van der Waals surface area contributed by atoms with Gasteiger partial charge in [-0.1, -0.05) is 42.5 Å². The van der Waals surface area contributed by atoms with Crippen LogP contribution in [0, 0.1) is 0 Å². The molecule has 2 aliphatic carbocycles. The third-order valence-electron chi connectivity index (χ3n) is 10.4. The highest BCUT2D eigenvalue weighted by Gasteiger charge is 2.32. The van der Waals surface area contributed by atoms with E-state index in [2.05, 4.69) is 67.7 Å². The third kappa shape index (κ3) is 7.56. The van der Waals surface area contributed by atoms with E-state index in [1.807, 2.05) is 13.2 Å². The van der Waals surface area contributed by atoms with Gasteiger partial charge in [0.15, 0.2) is 0 Å². The van der Waals surface area contributed by atoms with Gasteiger partial charge in [-0.05, 0) is 66.0 Å². The minimum absolute atomic E-state index is 0.0703. The Labute approximate surface area is 287 Å². The lowest BCUT2D eigenvalue weighted by molar-refractivity contribution is 0.0272. The van der Waals surface area contributed by atoms with Crippen molar-refractivity contribution < 1.29 is 19.7 Å². The summed E-state index contributed by atoms with van der Waals surface area (Å²) >= 11 is 0. The standard InChI is InChI=1S/C38H47N7O4/c1-43-21-30(20-41-43)29-18-33(37(39)40-19-29)38(48)42-34-3-2-4-36(34)49-24-25-5-7-26(8-6-25)27-9-11-32-28(17-27)10-12-35(32)45-15-13-44(14-16-45)22-31(47)23-46/h5-9,11,17-21,31,34-36,46-47H,2-4,10,12-16,22-24H2,1H3,(H2,39,40)(H,42,48)/t31?,34-,35?,36-/m0/s1. The number of aliphatic hydroxyl groups excluding tert-OH is 2. The maximum absolute atomic E-state index is 13.3. The molecule has 2 aromatic heterocycles. The Morgan fingerprint density at radius 1 is 1.00 bits per heavy atom. The van der Waals surface area contributed by atoms with Gasteiger partial charge in [0.25, 0.3) is 5.91 Å². The van der Waals surface area contributed by atoms with Crippen LogP contribution in [-0.4, -0.2) is 98.3 Å². The fraction of sp³-hybridized carbons (Fsp3) is 0.447. The molecule has 1 saturated heterocycles. The molecular formula is C38H47N7O4. The van der Waals surface area contributed by atoms with E-state index in [4.69, 9.17) is 10.5 Å². The Morgan fingerprint density at radius 2 is 1.80 bits per heavy atom. The number of aromatic nitrogens is 3. The Hall–Kier alpha value is -4.13. The lowest BCUT2D eigenvalue weighted by Gasteiger charge is -2.38. The predicted molar refractivity (Wildman–Crippen MR) is 189 cm³/mol. The molecule has 258 valence electrons. The second-order valence-corrected chi connectivity index (χ2v) is 13.8. The number of nitrogens with one attached hydrogen (secondary N) is 1. The molecule has 5 N–H and O–H groups in total. The maximum atomic E-state index is 13.3. The zero-order valence-electron chi connectivity index (χ0n) is 28.2. The van der Waals surface area contributed by atoms with Gasteiger partial charge in [0.05, 0.1) is 43.2 Å². The van der Waals surface area contributed by atoms with Crippen molar-refractivity contribution in [3.63, 3.8) is 0 Å². The van der Waals surface area contributed by atoms with Gasteiger partial charge >= 0.3 is 0 Å². The van der Waals surface area contributed by atoms with Crippen LogP contribution in [0.25, 0.3) is 22.3 Å². The molecule has 7 rings (SSSR count). The summed E-state index contributed by atoms with van der Waals surface area (Å²) in [7, 11) is 1.85. The summed E-state index contributed by atoms with van der Waals surface area (Å²) in [5.74, 6) is -0.0331. The zero-order valence-corrected chi connectivity index (χ0v) is 28.2. The number of carbonyl (C=O) groups is 1. The monoisotopic (exact) mass is 665 g/mol. The molecule has 11 heteroatoms. The molecule has 0 bridgehead atoms. The number of hydrogen-bond donors (Lipinski definition) is 4. The molecule has 49 heavy (non-hydrogen) atoms. The van der Waals surface area contributed by atoms with Crippen molar-refractivity contribution in [2.75, 3.05) is 45.1 Å². The van der Waals surface area contributed by atoms with Crippen LogP contribution in [0.15, 0.2) is 67.1 Å². The zero-order chi connectivity index (χ0) is 33.9. The number of fused-ring (bicyclic) bond motifs is 1. The first-order valence-electron chi connectivity index (χ1n) is 17.5. The largest absolute Gasteiger partial charge is 0.394 e. The number of aryl methyl sites for hydroxylation is 2. The number of nitrogens with zero attached hydrogens (tertiary/aromatic N) is 5. The number of aliphatic hydroxyl groups is 2. The van der Waals surface area contributed by atoms with E-state index < -0.39 is 6.10 Å². The van der Waals surface area contributed by atoms with Crippen LogP contribution >= 0.6 is 0 Å². The molecular weight excluding hydrogens is 618 g/mol. The number of ether oxygens (including phenoxy) is 1. The number of anilines is 1. The van der Waals surface area contributed by atoms with E-state index >= 15 is 0 Å². The number of nitrogens with two attached hydrogens (primary N) is 1. The smallest absolute Gasteiger partial charge is 0.255 e.